The van der Waals surface area contributed by atoms with Crippen molar-refractivity contribution in [1.82, 2.24) is 12.3 Å². The Morgan fingerprint density at radius 3 is 0.950 bits per heavy atom. The number of unbranched alkanes of at least 4 members (excludes halogenated alkanes) is 5. The lowest BCUT2D eigenvalue weighted by atomic mass is 10.1. The lowest BCUT2D eigenvalue weighted by molar-refractivity contribution is -0.138. The predicted octanol–water partition coefficient (Wildman–Crippen LogP) is -0.698. The van der Waals surface area contributed by atoms with Gasteiger partial charge in [-0.05, 0) is 12.8 Å². The van der Waals surface area contributed by atoms with Crippen LogP contribution in [0.4, 0.5) is 0 Å². The Hall–Kier alpha value is -1.30. The maximum Gasteiger partial charge on any atom is 0.303 e. The Labute approximate surface area is 118 Å². The standard InChI is InChI=1S/C10H18O4.2H3N.4H2O/c11-9(12)7-5-3-1-2-4-6-8-10(13)14;;;;;;/h1-8H2,(H,11,12)(H,13,14);2*1H3;4*1H2. The number of aliphatic carboxylic acids is 2. The average Bonchev–Trinajstić information content (AvgIpc) is 2.08. The molecule has 0 aromatic rings. The molecule has 0 bridgehead atoms. The fourth-order valence-electron chi connectivity index (χ4n) is 1.26. The highest BCUT2D eigenvalue weighted by atomic mass is 16.4. The van der Waals surface area contributed by atoms with Crippen molar-refractivity contribution in [3.8, 4) is 0 Å². The zero-order valence-corrected chi connectivity index (χ0v) is 11.8. The third-order valence-electron chi connectivity index (χ3n) is 2.03. The van der Waals surface area contributed by atoms with E-state index in [2.05, 4.69) is 0 Å². The first kappa shape index (κ1) is 42.8. The van der Waals surface area contributed by atoms with Gasteiger partial charge in [0.15, 0.2) is 0 Å². The minimum absolute atomic E-state index is 0. The van der Waals surface area contributed by atoms with Crippen molar-refractivity contribution in [3.63, 3.8) is 0 Å². The van der Waals surface area contributed by atoms with Gasteiger partial charge < -0.3 is 44.4 Å². The van der Waals surface area contributed by atoms with Crippen LogP contribution in [0.15, 0.2) is 0 Å². The van der Waals surface area contributed by atoms with Gasteiger partial charge in [0.05, 0.1) is 0 Å². The first-order valence-corrected chi connectivity index (χ1v) is 5.06. The molecule has 0 atom stereocenters. The monoisotopic (exact) mass is 308 g/mol. The van der Waals surface area contributed by atoms with Gasteiger partial charge >= 0.3 is 11.9 Å². The van der Waals surface area contributed by atoms with Crippen LogP contribution in [0, 0.1) is 0 Å². The van der Waals surface area contributed by atoms with Crippen molar-refractivity contribution in [1.29, 1.82) is 0 Å². The second-order valence-electron chi connectivity index (χ2n) is 3.41. The lowest BCUT2D eigenvalue weighted by Gasteiger charge is -1.98. The Morgan fingerprint density at radius 2 is 0.750 bits per heavy atom. The summed E-state index contributed by atoms with van der Waals surface area (Å²) in [5, 5.41) is 16.7. The summed E-state index contributed by atoms with van der Waals surface area (Å²) >= 11 is 0. The van der Waals surface area contributed by atoms with Crippen molar-refractivity contribution < 1.29 is 41.7 Å². The Balaban J connectivity index is -0.0000000563. The highest BCUT2D eigenvalue weighted by Gasteiger charge is 1.98. The van der Waals surface area contributed by atoms with Gasteiger partial charge in [0.1, 0.15) is 0 Å². The van der Waals surface area contributed by atoms with Crippen molar-refractivity contribution in [2.24, 2.45) is 0 Å². The summed E-state index contributed by atoms with van der Waals surface area (Å²) < 4.78 is 0. The van der Waals surface area contributed by atoms with Gasteiger partial charge in [-0.3, -0.25) is 9.59 Å². The third-order valence-corrected chi connectivity index (χ3v) is 2.03. The van der Waals surface area contributed by atoms with Crippen LogP contribution in [0.5, 0.6) is 0 Å². The molecule has 0 amide bonds. The molecule has 0 unspecified atom stereocenters. The molecule has 0 aromatic heterocycles. The molecule has 16 N–H and O–H groups in total. The van der Waals surface area contributed by atoms with Crippen LogP contribution in [-0.4, -0.2) is 44.1 Å². The van der Waals surface area contributed by atoms with E-state index in [4.69, 9.17) is 10.2 Å². The molecule has 0 aromatic carbocycles. The summed E-state index contributed by atoms with van der Waals surface area (Å²) in [4.78, 5) is 20.3. The SMILES string of the molecule is N.N.O.O.O.O.O=C(O)CCCCCCCCC(=O)O. The average molecular weight is 308 g/mol. The zero-order valence-electron chi connectivity index (χ0n) is 11.8. The van der Waals surface area contributed by atoms with Crippen molar-refractivity contribution >= 4 is 11.9 Å². The number of hydrogen-bond donors (Lipinski definition) is 4. The van der Waals surface area contributed by atoms with Crippen LogP contribution in [0.3, 0.4) is 0 Å². The molecule has 0 aliphatic rings. The zero-order chi connectivity index (χ0) is 10.8. The molecule has 130 valence electrons. The van der Waals surface area contributed by atoms with E-state index >= 15 is 0 Å². The van der Waals surface area contributed by atoms with Gasteiger partial charge in [-0.2, -0.15) is 0 Å². The second kappa shape index (κ2) is 30.6. The van der Waals surface area contributed by atoms with E-state index in [0.29, 0.717) is 0 Å². The maximum atomic E-state index is 10.1. The van der Waals surface area contributed by atoms with Gasteiger partial charge in [-0.15, -0.1) is 0 Å². The number of hydrogen-bond acceptors (Lipinski definition) is 4. The van der Waals surface area contributed by atoms with Gasteiger partial charge in [0.25, 0.3) is 0 Å². The number of carbonyl (C=O) groups is 2. The van der Waals surface area contributed by atoms with Crippen LogP contribution in [-0.2, 0) is 9.59 Å². The van der Waals surface area contributed by atoms with E-state index < -0.39 is 11.9 Å². The summed E-state index contributed by atoms with van der Waals surface area (Å²) in [6.07, 6.45) is 5.82. The molecule has 0 saturated heterocycles. The first-order valence-electron chi connectivity index (χ1n) is 5.06. The molecule has 0 fully saturated rings. The van der Waals surface area contributed by atoms with E-state index in [9.17, 15) is 9.59 Å². The normalized spacial score (nSPS) is 7.00. The van der Waals surface area contributed by atoms with E-state index in [1.807, 2.05) is 0 Å². The Kier molecular flexibility index (Phi) is 65.5. The van der Waals surface area contributed by atoms with Crippen LogP contribution in [0.25, 0.3) is 0 Å². The molecule has 0 aliphatic carbocycles. The highest BCUT2D eigenvalue weighted by molar-refractivity contribution is 5.66. The molecule has 0 radical (unpaired) electrons. The van der Waals surface area contributed by atoms with Crippen molar-refractivity contribution in [2.75, 3.05) is 0 Å². The minimum Gasteiger partial charge on any atom is -0.481 e. The summed E-state index contributed by atoms with van der Waals surface area (Å²) in [5.41, 5.74) is 0. The van der Waals surface area contributed by atoms with E-state index in [0.717, 1.165) is 38.5 Å². The molecule has 0 aliphatic heterocycles. The largest absolute Gasteiger partial charge is 0.481 e. The summed E-state index contributed by atoms with van der Waals surface area (Å²) in [7, 11) is 0. The van der Waals surface area contributed by atoms with Crippen molar-refractivity contribution in [3.05, 3.63) is 0 Å². The molecule has 10 heteroatoms. The van der Waals surface area contributed by atoms with Gasteiger partial charge in [-0.25, -0.2) is 0 Å². The van der Waals surface area contributed by atoms with Crippen LogP contribution >= 0.6 is 0 Å². The molecule has 10 nitrogen and oxygen atoms in total. The number of carboxylic acid groups (broad SMARTS) is 2. The second-order valence-corrected chi connectivity index (χ2v) is 3.41. The van der Waals surface area contributed by atoms with Gasteiger partial charge in [-0.1, -0.05) is 25.7 Å². The third kappa shape index (κ3) is 43.7. The topological polar surface area (TPSA) is 271 Å². The smallest absolute Gasteiger partial charge is 0.303 e. The van der Waals surface area contributed by atoms with E-state index in [-0.39, 0.29) is 47.0 Å². The Bertz CT molecular complexity index is 172. The summed E-state index contributed by atoms with van der Waals surface area (Å²) in [5.74, 6) is -1.48. The van der Waals surface area contributed by atoms with Crippen LogP contribution in [0.1, 0.15) is 51.4 Å². The molecule has 20 heavy (non-hydrogen) atoms. The molecule has 0 heterocycles. The fourth-order valence-corrected chi connectivity index (χ4v) is 1.26. The maximum absolute atomic E-state index is 10.1. The van der Waals surface area contributed by atoms with Gasteiger partial charge in [0, 0.05) is 12.8 Å². The predicted molar refractivity (Wildman–Crippen MR) is 76.7 cm³/mol. The van der Waals surface area contributed by atoms with E-state index in [1.165, 1.54) is 0 Å². The quantitative estimate of drug-likeness (QED) is 0.399. The van der Waals surface area contributed by atoms with E-state index in [1.54, 1.807) is 0 Å². The molecule has 0 rings (SSSR count). The summed E-state index contributed by atoms with van der Waals surface area (Å²) in [6, 6.07) is 0. The molecule has 0 saturated carbocycles. The number of carboxylic acids is 2. The number of rotatable bonds is 9. The lowest BCUT2D eigenvalue weighted by Crippen LogP contribution is -1.94. The van der Waals surface area contributed by atoms with Crippen LogP contribution in [0.2, 0.25) is 0 Å². The molecular weight excluding hydrogens is 276 g/mol. The molecule has 0 spiro atoms. The van der Waals surface area contributed by atoms with Gasteiger partial charge in [0.2, 0.25) is 0 Å². The fraction of sp³-hybridized carbons (Fsp3) is 0.800. The summed E-state index contributed by atoms with van der Waals surface area (Å²) in [6.45, 7) is 0. The van der Waals surface area contributed by atoms with Crippen molar-refractivity contribution in [2.45, 2.75) is 51.4 Å². The van der Waals surface area contributed by atoms with Crippen LogP contribution < -0.4 is 12.3 Å². The first-order chi connectivity index (χ1) is 6.63. The minimum atomic E-state index is -0.740. The molecular formula is C10H32N2O8. The Morgan fingerprint density at radius 1 is 0.550 bits per heavy atom. The highest BCUT2D eigenvalue weighted by Crippen LogP contribution is 2.08.